The molecule has 1 aromatic heterocycles. The molecule has 0 saturated carbocycles. The van der Waals surface area contributed by atoms with E-state index in [2.05, 4.69) is 10.3 Å². The normalized spacial score (nSPS) is 9.12. The SMILES string of the molecule is CCNc1ncco1.[HH]. The van der Waals surface area contributed by atoms with Gasteiger partial charge in [0.05, 0.1) is 6.20 Å². The van der Waals surface area contributed by atoms with Gasteiger partial charge in [-0.05, 0) is 6.92 Å². The van der Waals surface area contributed by atoms with Crippen molar-refractivity contribution in [1.82, 2.24) is 4.98 Å². The highest BCUT2D eigenvalue weighted by atomic mass is 16.4. The van der Waals surface area contributed by atoms with Gasteiger partial charge in [0.15, 0.2) is 0 Å². The predicted octanol–water partition coefficient (Wildman–Crippen LogP) is 1.35. The molecule has 0 atom stereocenters. The van der Waals surface area contributed by atoms with Crippen LogP contribution < -0.4 is 5.32 Å². The Morgan fingerprint density at radius 3 is 3.38 bits per heavy atom. The molecule has 0 bridgehead atoms. The van der Waals surface area contributed by atoms with Gasteiger partial charge >= 0.3 is 0 Å². The number of anilines is 1. The van der Waals surface area contributed by atoms with Crippen molar-refractivity contribution in [3.63, 3.8) is 0 Å². The number of rotatable bonds is 2. The fourth-order valence-electron chi connectivity index (χ4n) is 0.462. The van der Waals surface area contributed by atoms with E-state index in [-0.39, 0.29) is 1.43 Å². The lowest BCUT2D eigenvalue weighted by Gasteiger charge is -1.90. The minimum atomic E-state index is 0. The average Bonchev–Trinajstić information content (AvgIpc) is 2.19. The summed E-state index contributed by atoms with van der Waals surface area (Å²) in [6.07, 6.45) is 3.15. The molecule has 0 aromatic carbocycles. The van der Waals surface area contributed by atoms with E-state index in [9.17, 15) is 0 Å². The molecule has 0 aliphatic carbocycles. The Labute approximate surface area is 49.2 Å². The van der Waals surface area contributed by atoms with Crippen molar-refractivity contribution in [3.8, 4) is 0 Å². The summed E-state index contributed by atoms with van der Waals surface area (Å²) in [5.41, 5.74) is 0. The van der Waals surface area contributed by atoms with Crippen molar-refractivity contribution < 1.29 is 5.84 Å². The summed E-state index contributed by atoms with van der Waals surface area (Å²) in [5.74, 6) is 0. The fourth-order valence-corrected chi connectivity index (χ4v) is 0.462. The third-order valence-electron chi connectivity index (χ3n) is 0.760. The van der Waals surface area contributed by atoms with Gasteiger partial charge in [-0.3, -0.25) is 0 Å². The highest BCUT2D eigenvalue weighted by molar-refractivity contribution is 5.16. The number of oxazole rings is 1. The molecular weight excluding hydrogens is 104 g/mol. The quantitative estimate of drug-likeness (QED) is 0.630. The summed E-state index contributed by atoms with van der Waals surface area (Å²) in [6.45, 7) is 2.84. The van der Waals surface area contributed by atoms with Gasteiger partial charge < -0.3 is 9.73 Å². The second kappa shape index (κ2) is 2.35. The smallest absolute Gasteiger partial charge is 0.294 e. The minimum Gasteiger partial charge on any atom is -0.432 e. The lowest BCUT2D eigenvalue weighted by molar-refractivity contribution is 0.572. The van der Waals surface area contributed by atoms with Crippen LogP contribution in [0.15, 0.2) is 16.9 Å². The zero-order valence-electron chi connectivity index (χ0n) is 4.72. The third-order valence-corrected chi connectivity index (χ3v) is 0.760. The first-order valence-electron chi connectivity index (χ1n) is 2.57. The molecule has 1 N–H and O–H groups in total. The molecule has 1 rings (SSSR count). The minimum absolute atomic E-state index is 0. The van der Waals surface area contributed by atoms with Crippen LogP contribution in [-0.4, -0.2) is 11.5 Å². The van der Waals surface area contributed by atoms with Crippen molar-refractivity contribution in [3.05, 3.63) is 12.5 Å². The standard InChI is InChI=1S/C5H8N2O.H2/c1-2-6-5-7-3-4-8-5;/h3-4H,2H2,1H3,(H,6,7);1H. The van der Waals surface area contributed by atoms with Gasteiger partial charge in [0, 0.05) is 7.97 Å². The monoisotopic (exact) mass is 114 g/mol. The molecule has 8 heavy (non-hydrogen) atoms. The molecule has 3 nitrogen and oxygen atoms in total. The maximum atomic E-state index is 4.85. The van der Waals surface area contributed by atoms with Crippen molar-refractivity contribution in [2.75, 3.05) is 11.9 Å². The summed E-state index contributed by atoms with van der Waals surface area (Å²) in [6, 6.07) is 0.590. The van der Waals surface area contributed by atoms with Gasteiger partial charge in [-0.1, -0.05) is 0 Å². The second-order valence-corrected chi connectivity index (χ2v) is 1.37. The topological polar surface area (TPSA) is 38.1 Å². The molecule has 3 heteroatoms. The van der Waals surface area contributed by atoms with E-state index in [1.54, 1.807) is 6.20 Å². The second-order valence-electron chi connectivity index (χ2n) is 1.37. The Kier molecular flexibility index (Phi) is 1.51. The highest BCUT2D eigenvalue weighted by Gasteiger charge is 1.88. The van der Waals surface area contributed by atoms with Crippen molar-refractivity contribution >= 4 is 6.01 Å². The summed E-state index contributed by atoms with van der Waals surface area (Å²) >= 11 is 0. The first-order chi connectivity index (χ1) is 3.93. The van der Waals surface area contributed by atoms with Crippen LogP contribution in [0.5, 0.6) is 0 Å². The van der Waals surface area contributed by atoms with Crippen LogP contribution in [0.1, 0.15) is 8.35 Å². The van der Waals surface area contributed by atoms with E-state index < -0.39 is 0 Å². The molecule has 0 aliphatic heterocycles. The molecule has 0 aliphatic rings. The predicted molar refractivity (Wildman–Crippen MR) is 32.8 cm³/mol. The highest BCUT2D eigenvalue weighted by Crippen LogP contribution is 1.98. The van der Waals surface area contributed by atoms with Crippen molar-refractivity contribution in [2.24, 2.45) is 0 Å². The summed E-state index contributed by atoms with van der Waals surface area (Å²) in [7, 11) is 0. The maximum absolute atomic E-state index is 4.85. The molecule has 0 unspecified atom stereocenters. The summed E-state index contributed by atoms with van der Waals surface area (Å²) in [4.78, 5) is 3.83. The molecular formula is C5H10N2O. The molecule has 0 spiro atoms. The van der Waals surface area contributed by atoms with Gasteiger partial charge in [0.1, 0.15) is 6.26 Å². The number of nitrogens with one attached hydrogen (secondary N) is 1. The van der Waals surface area contributed by atoms with Crippen LogP contribution in [0, 0.1) is 0 Å². The van der Waals surface area contributed by atoms with Crippen LogP contribution in [0.4, 0.5) is 6.01 Å². The van der Waals surface area contributed by atoms with Crippen molar-refractivity contribution in [2.45, 2.75) is 6.92 Å². The average molecular weight is 114 g/mol. The van der Waals surface area contributed by atoms with Gasteiger partial charge in [-0.2, -0.15) is 0 Å². The fraction of sp³-hybridized carbons (Fsp3) is 0.400. The zero-order valence-corrected chi connectivity index (χ0v) is 4.72. The van der Waals surface area contributed by atoms with E-state index in [1.807, 2.05) is 6.92 Å². The van der Waals surface area contributed by atoms with Crippen LogP contribution >= 0.6 is 0 Å². The molecule has 46 valence electrons. The van der Waals surface area contributed by atoms with E-state index in [0.717, 1.165) is 6.54 Å². The van der Waals surface area contributed by atoms with Crippen LogP contribution in [0.3, 0.4) is 0 Å². The van der Waals surface area contributed by atoms with E-state index >= 15 is 0 Å². The van der Waals surface area contributed by atoms with Crippen LogP contribution in [0.25, 0.3) is 0 Å². The summed E-state index contributed by atoms with van der Waals surface area (Å²) < 4.78 is 4.85. The lowest BCUT2D eigenvalue weighted by atomic mass is 10.7. The molecule has 0 radical (unpaired) electrons. The Balaban J connectivity index is 0.000000640. The van der Waals surface area contributed by atoms with Gasteiger partial charge in [0.25, 0.3) is 6.01 Å². The van der Waals surface area contributed by atoms with E-state index in [4.69, 9.17) is 4.42 Å². The maximum Gasteiger partial charge on any atom is 0.294 e. The molecule has 0 amide bonds. The number of aromatic nitrogens is 1. The number of nitrogens with zero attached hydrogens (tertiary/aromatic N) is 1. The molecule has 1 heterocycles. The van der Waals surface area contributed by atoms with E-state index in [1.165, 1.54) is 6.26 Å². The Bertz CT molecular complexity index is 141. The first-order valence-corrected chi connectivity index (χ1v) is 2.57. The lowest BCUT2D eigenvalue weighted by Crippen LogP contribution is -1.95. The van der Waals surface area contributed by atoms with Gasteiger partial charge in [-0.25, -0.2) is 4.98 Å². The summed E-state index contributed by atoms with van der Waals surface area (Å²) in [5, 5.41) is 2.91. The zero-order chi connectivity index (χ0) is 5.82. The van der Waals surface area contributed by atoms with Gasteiger partial charge in [-0.15, -0.1) is 0 Å². The van der Waals surface area contributed by atoms with Gasteiger partial charge in [0.2, 0.25) is 0 Å². The Morgan fingerprint density at radius 1 is 2.00 bits per heavy atom. The van der Waals surface area contributed by atoms with Crippen LogP contribution in [-0.2, 0) is 0 Å². The molecule has 1 aromatic rings. The van der Waals surface area contributed by atoms with Crippen LogP contribution in [0.2, 0.25) is 0 Å². The number of hydrogen-bond acceptors (Lipinski definition) is 3. The number of hydrogen-bond donors (Lipinski definition) is 1. The molecule has 0 fully saturated rings. The molecule has 0 saturated heterocycles. The Hall–Kier alpha value is -0.990. The van der Waals surface area contributed by atoms with Crippen molar-refractivity contribution in [1.29, 1.82) is 0 Å². The third kappa shape index (κ3) is 0.992. The largest absolute Gasteiger partial charge is 0.432 e. The Morgan fingerprint density at radius 2 is 2.88 bits per heavy atom. The first kappa shape index (κ1) is 5.15. The van der Waals surface area contributed by atoms with E-state index in [0.29, 0.717) is 6.01 Å².